The molecular weight excluding hydrogens is 412 g/mol. The van der Waals surface area contributed by atoms with E-state index in [4.69, 9.17) is 9.47 Å². The summed E-state index contributed by atoms with van der Waals surface area (Å²) in [5.74, 6) is -0.826. The lowest BCUT2D eigenvalue weighted by atomic mass is 9.46. The van der Waals surface area contributed by atoms with Crippen molar-refractivity contribution in [3.05, 3.63) is 23.8 Å². The first-order valence-electron chi connectivity index (χ1n) is 11.7. The molecule has 0 saturated heterocycles. The summed E-state index contributed by atoms with van der Waals surface area (Å²) in [6.07, 6.45) is 6.08. The molecule has 2 N–H and O–H groups in total. The lowest BCUT2D eigenvalue weighted by Crippen LogP contribution is -2.62. The number of rotatable bonds is 4. The number of aliphatic hydroxyl groups excluding tert-OH is 1. The minimum absolute atomic E-state index is 0.0119. The molecule has 7 heteroatoms. The van der Waals surface area contributed by atoms with Gasteiger partial charge in [-0.1, -0.05) is 32.4 Å². The van der Waals surface area contributed by atoms with Crippen LogP contribution in [0.1, 0.15) is 53.4 Å². The van der Waals surface area contributed by atoms with Gasteiger partial charge in [-0.05, 0) is 62.5 Å². The maximum atomic E-state index is 13.2. The molecule has 0 aromatic heterocycles. The average molecular weight is 447 g/mol. The highest BCUT2D eigenvalue weighted by molar-refractivity contribution is 6.01. The van der Waals surface area contributed by atoms with Crippen LogP contribution in [0.15, 0.2) is 23.8 Å². The van der Waals surface area contributed by atoms with Crippen molar-refractivity contribution >= 4 is 17.7 Å². The van der Waals surface area contributed by atoms with E-state index in [2.05, 4.69) is 6.92 Å². The highest BCUT2D eigenvalue weighted by Crippen LogP contribution is 2.68. The maximum absolute atomic E-state index is 13.2. The van der Waals surface area contributed by atoms with Crippen LogP contribution in [0, 0.1) is 34.5 Å². The van der Waals surface area contributed by atoms with Gasteiger partial charge in [-0.3, -0.25) is 9.59 Å². The third-order valence-electron chi connectivity index (χ3n) is 9.09. The van der Waals surface area contributed by atoms with Gasteiger partial charge in [0.05, 0.1) is 12.7 Å². The summed E-state index contributed by atoms with van der Waals surface area (Å²) >= 11 is 0. The Bertz CT molecular complexity index is 891. The molecule has 0 spiro atoms. The first-order valence-corrected chi connectivity index (χ1v) is 11.7. The molecule has 0 unspecified atom stereocenters. The number of Topliss-reactive ketones (excluding diaryl/α,β-unsaturated/α-hetero) is 1. The van der Waals surface area contributed by atoms with E-state index in [9.17, 15) is 24.6 Å². The quantitative estimate of drug-likeness (QED) is 0.639. The van der Waals surface area contributed by atoms with Crippen molar-refractivity contribution in [2.75, 3.05) is 13.2 Å². The number of hydrogen-bond acceptors (Lipinski definition) is 7. The fraction of sp³-hybridized carbons (Fsp3) is 0.720. The molecule has 7 nitrogen and oxygen atoms in total. The number of carbonyl (C=O) groups excluding carboxylic acids is 3. The van der Waals surface area contributed by atoms with Crippen molar-refractivity contribution in [2.45, 2.75) is 65.1 Å². The van der Waals surface area contributed by atoms with Gasteiger partial charge in [0.1, 0.15) is 5.60 Å². The SMILES string of the molecule is CCOC(=O)OCC(=O)[C@@]1(O)[C@H](C)C[C@H]2[C@@H]3CCC4=CC(=O)C=C[C@]4(C)[C@H]3[C@H](O)C[C@@]21C. The van der Waals surface area contributed by atoms with E-state index in [1.807, 2.05) is 19.9 Å². The van der Waals surface area contributed by atoms with E-state index >= 15 is 0 Å². The minimum Gasteiger partial charge on any atom is -0.435 e. The van der Waals surface area contributed by atoms with Gasteiger partial charge < -0.3 is 19.7 Å². The molecule has 0 aliphatic heterocycles. The zero-order valence-electron chi connectivity index (χ0n) is 19.3. The monoisotopic (exact) mass is 446 g/mol. The van der Waals surface area contributed by atoms with Gasteiger partial charge in [0, 0.05) is 16.7 Å². The molecule has 0 radical (unpaired) electrons. The molecule has 4 aliphatic rings. The molecule has 0 amide bonds. The van der Waals surface area contributed by atoms with E-state index < -0.39 is 41.1 Å². The number of carbonyl (C=O) groups is 3. The van der Waals surface area contributed by atoms with Gasteiger partial charge in [-0.25, -0.2) is 4.79 Å². The van der Waals surface area contributed by atoms with Crippen LogP contribution in [-0.4, -0.2) is 52.9 Å². The zero-order chi connectivity index (χ0) is 23.5. The van der Waals surface area contributed by atoms with Crippen molar-refractivity contribution in [2.24, 2.45) is 34.5 Å². The number of hydrogen-bond donors (Lipinski definition) is 2. The summed E-state index contributed by atoms with van der Waals surface area (Å²) in [7, 11) is 0. The van der Waals surface area contributed by atoms with Crippen LogP contribution in [0.3, 0.4) is 0 Å². The summed E-state index contributed by atoms with van der Waals surface area (Å²) in [4.78, 5) is 36.8. The summed E-state index contributed by atoms with van der Waals surface area (Å²) in [5.41, 5.74) is -1.88. The Morgan fingerprint density at radius 2 is 1.97 bits per heavy atom. The lowest BCUT2D eigenvalue weighted by Gasteiger charge is -2.59. The van der Waals surface area contributed by atoms with Crippen LogP contribution in [0.2, 0.25) is 0 Å². The topological polar surface area (TPSA) is 110 Å². The smallest absolute Gasteiger partial charge is 0.435 e. The van der Waals surface area contributed by atoms with Crippen LogP contribution in [0.4, 0.5) is 4.79 Å². The van der Waals surface area contributed by atoms with Gasteiger partial charge >= 0.3 is 6.16 Å². The fourth-order valence-corrected chi connectivity index (χ4v) is 7.65. The molecule has 0 heterocycles. The van der Waals surface area contributed by atoms with Crippen LogP contribution in [0.5, 0.6) is 0 Å². The van der Waals surface area contributed by atoms with E-state index in [-0.39, 0.29) is 42.5 Å². The van der Waals surface area contributed by atoms with E-state index in [1.165, 1.54) is 0 Å². The molecule has 32 heavy (non-hydrogen) atoms. The first kappa shape index (κ1) is 23.2. The fourth-order valence-electron chi connectivity index (χ4n) is 7.65. The summed E-state index contributed by atoms with van der Waals surface area (Å²) in [6.45, 7) is 7.08. The molecular formula is C25H34O7. The van der Waals surface area contributed by atoms with Gasteiger partial charge in [0.2, 0.25) is 5.78 Å². The van der Waals surface area contributed by atoms with Crippen LogP contribution < -0.4 is 0 Å². The third-order valence-corrected chi connectivity index (χ3v) is 9.09. The Kier molecular flexibility index (Phi) is 5.65. The van der Waals surface area contributed by atoms with E-state index in [1.54, 1.807) is 19.1 Å². The maximum Gasteiger partial charge on any atom is 0.508 e. The van der Waals surface area contributed by atoms with Gasteiger partial charge in [-0.15, -0.1) is 0 Å². The zero-order valence-corrected chi connectivity index (χ0v) is 19.3. The molecule has 0 bridgehead atoms. The van der Waals surface area contributed by atoms with Gasteiger partial charge in [-0.2, -0.15) is 0 Å². The predicted molar refractivity (Wildman–Crippen MR) is 115 cm³/mol. The lowest BCUT2D eigenvalue weighted by molar-refractivity contribution is -0.184. The average Bonchev–Trinajstić information content (AvgIpc) is 2.93. The molecule has 3 fully saturated rings. The summed E-state index contributed by atoms with van der Waals surface area (Å²) in [6, 6.07) is 0. The standard InChI is InChI=1S/C25H34O7/c1-5-31-22(29)32-13-20(28)25(30)14(2)10-18-17-7-6-15-11-16(26)8-9-23(15,3)21(17)19(27)12-24(18,25)4/h8-9,11,14,17-19,21,27,30H,5-7,10,12-13H2,1-4H3/t14-,17+,18+,19-,21-,23+,24+,25+/m1/s1. The van der Waals surface area contributed by atoms with Crippen molar-refractivity contribution < 1.29 is 34.1 Å². The Labute approximate surface area is 188 Å². The molecule has 0 aromatic rings. The predicted octanol–water partition coefficient (Wildman–Crippen LogP) is 2.98. The Hall–Kier alpha value is -1.99. The van der Waals surface area contributed by atoms with Gasteiger partial charge in [0.25, 0.3) is 0 Å². The van der Waals surface area contributed by atoms with Crippen molar-refractivity contribution in [3.63, 3.8) is 0 Å². The summed E-state index contributed by atoms with van der Waals surface area (Å²) < 4.78 is 9.68. The largest absolute Gasteiger partial charge is 0.508 e. The second-order valence-electron chi connectivity index (χ2n) is 10.5. The second kappa shape index (κ2) is 7.80. The normalized spacial score (nSPS) is 44.8. The molecule has 3 saturated carbocycles. The minimum atomic E-state index is -1.70. The number of allylic oxidation sites excluding steroid dienone is 4. The highest BCUT2D eigenvalue weighted by Gasteiger charge is 2.70. The second-order valence-corrected chi connectivity index (χ2v) is 10.5. The molecule has 4 rings (SSSR count). The Morgan fingerprint density at radius 3 is 2.66 bits per heavy atom. The Morgan fingerprint density at radius 1 is 1.25 bits per heavy atom. The molecule has 176 valence electrons. The van der Waals surface area contributed by atoms with Crippen molar-refractivity contribution in [1.29, 1.82) is 0 Å². The highest BCUT2D eigenvalue weighted by atomic mass is 16.7. The van der Waals surface area contributed by atoms with Crippen LogP contribution in [-0.2, 0) is 19.1 Å². The number of aliphatic hydroxyl groups is 2. The van der Waals surface area contributed by atoms with Crippen LogP contribution >= 0.6 is 0 Å². The molecule has 0 aromatic carbocycles. The van der Waals surface area contributed by atoms with Crippen LogP contribution in [0.25, 0.3) is 0 Å². The van der Waals surface area contributed by atoms with E-state index in [0.717, 1.165) is 18.4 Å². The summed E-state index contributed by atoms with van der Waals surface area (Å²) in [5, 5.41) is 23.2. The molecule has 4 aliphatic carbocycles. The first-order chi connectivity index (χ1) is 15.0. The number of ether oxygens (including phenoxy) is 2. The van der Waals surface area contributed by atoms with Gasteiger partial charge in [0.15, 0.2) is 12.4 Å². The van der Waals surface area contributed by atoms with Crippen molar-refractivity contribution in [3.8, 4) is 0 Å². The molecule has 8 atom stereocenters. The number of fused-ring (bicyclic) bond motifs is 5. The van der Waals surface area contributed by atoms with Crippen molar-refractivity contribution in [1.82, 2.24) is 0 Å². The Balaban J connectivity index is 1.64. The third kappa shape index (κ3) is 3.11. The van der Waals surface area contributed by atoms with E-state index in [0.29, 0.717) is 6.42 Å². The number of ketones is 2.